The van der Waals surface area contributed by atoms with Crippen LogP contribution >= 0.6 is 0 Å². The molecule has 0 aromatic heterocycles. The van der Waals surface area contributed by atoms with Crippen LogP contribution in [0.4, 0.5) is 10.5 Å². The number of carbonyl (C=O) groups excluding carboxylic acids is 1. The number of amides is 2. The normalized spacial score (nSPS) is 9.44. The van der Waals surface area contributed by atoms with E-state index in [0.717, 1.165) is 16.8 Å². The molecule has 0 radical (unpaired) electrons. The summed E-state index contributed by atoms with van der Waals surface area (Å²) in [6.07, 6.45) is 0. The monoisotopic (exact) mass is 220 g/mol. The van der Waals surface area contributed by atoms with Gasteiger partial charge < -0.3 is 10.6 Å². The van der Waals surface area contributed by atoms with Gasteiger partial charge in [0.1, 0.15) is 0 Å². The third-order valence-corrected chi connectivity index (χ3v) is 2.21. The van der Waals surface area contributed by atoms with E-state index < -0.39 is 6.03 Å². The summed E-state index contributed by atoms with van der Waals surface area (Å²) in [6, 6.07) is 5.36. The molecule has 0 aliphatic carbocycles. The molecule has 0 saturated heterocycles. The Hall–Kier alpha value is -2.04. The first-order chi connectivity index (χ1) is 7.54. The number of urea groups is 1. The molecule has 1 rings (SSSR count). The Morgan fingerprint density at radius 3 is 2.31 bits per heavy atom. The first-order valence-electron chi connectivity index (χ1n) is 4.95. The van der Waals surface area contributed by atoms with Crippen molar-refractivity contribution in [3.05, 3.63) is 29.3 Å². The van der Waals surface area contributed by atoms with Gasteiger partial charge in [0.2, 0.25) is 0 Å². The fraction of sp³-hybridized carbons (Fsp3) is 0.273. The van der Waals surface area contributed by atoms with E-state index in [0.29, 0.717) is 0 Å². The summed E-state index contributed by atoms with van der Waals surface area (Å²) in [4.78, 5) is 11.5. The summed E-state index contributed by atoms with van der Waals surface area (Å²) in [5, 5.41) is 14.8. The SMILES string of the molecule is CNC(=N)NC(=O)Nc1c(C)cccc1C. The maximum absolute atomic E-state index is 11.5. The van der Waals surface area contributed by atoms with Crippen LogP contribution in [0.25, 0.3) is 0 Å². The molecule has 16 heavy (non-hydrogen) atoms. The van der Waals surface area contributed by atoms with Crippen LogP contribution in [0.2, 0.25) is 0 Å². The number of benzene rings is 1. The van der Waals surface area contributed by atoms with E-state index in [1.807, 2.05) is 32.0 Å². The summed E-state index contributed by atoms with van der Waals surface area (Å²) in [7, 11) is 1.57. The molecule has 86 valence electrons. The van der Waals surface area contributed by atoms with E-state index in [-0.39, 0.29) is 5.96 Å². The molecule has 0 aliphatic heterocycles. The molecule has 4 N–H and O–H groups in total. The Bertz CT molecular complexity index is 394. The van der Waals surface area contributed by atoms with Crippen molar-refractivity contribution in [3.63, 3.8) is 0 Å². The first kappa shape index (κ1) is 12.0. The molecular weight excluding hydrogens is 204 g/mol. The van der Waals surface area contributed by atoms with Crippen molar-refractivity contribution in [2.24, 2.45) is 0 Å². The Morgan fingerprint density at radius 2 is 1.81 bits per heavy atom. The van der Waals surface area contributed by atoms with E-state index in [4.69, 9.17) is 5.41 Å². The molecule has 0 bridgehead atoms. The van der Waals surface area contributed by atoms with E-state index in [9.17, 15) is 4.79 Å². The van der Waals surface area contributed by atoms with Gasteiger partial charge in [-0.25, -0.2) is 4.79 Å². The van der Waals surface area contributed by atoms with Gasteiger partial charge in [0.05, 0.1) is 0 Å². The minimum absolute atomic E-state index is 0.0382. The van der Waals surface area contributed by atoms with Gasteiger partial charge >= 0.3 is 6.03 Å². The highest BCUT2D eigenvalue weighted by molar-refractivity contribution is 6.01. The number of anilines is 1. The summed E-state index contributed by atoms with van der Waals surface area (Å²) in [5.41, 5.74) is 2.76. The van der Waals surface area contributed by atoms with Crippen LogP contribution in [0.1, 0.15) is 11.1 Å². The van der Waals surface area contributed by atoms with Crippen LogP contribution < -0.4 is 16.0 Å². The fourth-order valence-electron chi connectivity index (χ4n) is 1.33. The maximum Gasteiger partial charge on any atom is 0.326 e. The molecule has 0 fully saturated rings. The molecule has 5 heteroatoms. The van der Waals surface area contributed by atoms with Gasteiger partial charge in [-0.1, -0.05) is 18.2 Å². The summed E-state index contributed by atoms with van der Waals surface area (Å²) in [5.74, 6) is -0.0382. The number of carbonyl (C=O) groups is 1. The summed E-state index contributed by atoms with van der Waals surface area (Å²) < 4.78 is 0. The second-order valence-corrected chi connectivity index (χ2v) is 3.47. The lowest BCUT2D eigenvalue weighted by molar-refractivity contribution is 0.256. The molecule has 1 aromatic rings. The lowest BCUT2D eigenvalue weighted by Crippen LogP contribution is -2.40. The second-order valence-electron chi connectivity index (χ2n) is 3.47. The van der Waals surface area contributed by atoms with Crippen LogP contribution in [0.15, 0.2) is 18.2 Å². The topological polar surface area (TPSA) is 77.0 Å². The van der Waals surface area contributed by atoms with Gasteiger partial charge in [0.25, 0.3) is 0 Å². The lowest BCUT2D eigenvalue weighted by atomic mass is 10.1. The minimum Gasteiger partial charge on any atom is -0.359 e. The third kappa shape index (κ3) is 2.98. The Morgan fingerprint density at radius 1 is 1.25 bits per heavy atom. The van der Waals surface area contributed by atoms with E-state index in [2.05, 4.69) is 16.0 Å². The summed E-state index contributed by atoms with van der Waals surface area (Å²) in [6.45, 7) is 3.85. The van der Waals surface area contributed by atoms with Crippen molar-refractivity contribution in [3.8, 4) is 0 Å². The average molecular weight is 220 g/mol. The summed E-state index contributed by atoms with van der Waals surface area (Å²) >= 11 is 0. The number of rotatable bonds is 1. The van der Waals surface area contributed by atoms with E-state index in [1.165, 1.54) is 0 Å². The van der Waals surface area contributed by atoms with Gasteiger partial charge in [0.15, 0.2) is 5.96 Å². The standard InChI is InChI=1S/C11H16N4O/c1-7-5-4-6-8(2)9(7)14-11(16)15-10(12)13-3/h4-6H,1-3H3,(H4,12,13,14,15,16). The number of para-hydroxylation sites is 1. The number of hydrogen-bond acceptors (Lipinski definition) is 2. The van der Waals surface area contributed by atoms with Crippen molar-refractivity contribution in [1.82, 2.24) is 10.6 Å². The van der Waals surface area contributed by atoms with Crippen LogP contribution in [0, 0.1) is 19.3 Å². The molecule has 0 aliphatic rings. The Kier molecular flexibility index (Phi) is 3.88. The van der Waals surface area contributed by atoms with Crippen molar-refractivity contribution < 1.29 is 4.79 Å². The molecule has 0 saturated carbocycles. The molecule has 0 unspecified atom stereocenters. The van der Waals surface area contributed by atoms with Crippen molar-refractivity contribution in [2.45, 2.75) is 13.8 Å². The predicted octanol–water partition coefficient (Wildman–Crippen LogP) is 1.58. The van der Waals surface area contributed by atoms with Gasteiger partial charge in [-0.05, 0) is 25.0 Å². The Balaban J connectivity index is 2.73. The number of hydrogen-bond donors (Lipinski definition) is 4. The number of guanidine groups is 1. The van der Waals surface area contributed by atoms with Crippen LogP contribution in [0.3, 0.4) is 0 Å². The van der Waals surface area contributed by atoms with Gasteiger partial charge in [-0.15, -0.1) is 0 Å². The van der Waals surface area contributed by atoms with Crippen LogP contribution in [-0.4, -0.2) is 19.0 Å². The largest absolute Gasteiger partial charge is 0.359 e. The average Bonchev–Trinajstić information content (AvgIpc) is 2.23. The van der Waals surface area contributed by atoms with Gasteiger partial charge in [-0.3, -0.25) is 10.7 Å². The van der Waals surface area contributed by atoms with Crippen LogP contribution in [0.5, 0.6) is 0 Å². The van der Waals surface area contributed by atoms with Gasteiger partial charge in [0, 0.05) is 12.7 Å². The zero-order valence-electron chi connectivity index (χ0n) is 9.64. The Labute approximate surface area is 94.8 Å². The first-order valence-corrected chi connectivity index (χ1v) is 4.95. The third-order valence-electron chi connectivity index (χ3n) is 2.21. The fourth-order valence-corrected chi connectivity index (χ4v) is 1.33. The molecule has 2 amide bonds. The van der Waals surface area contributed by atoms with Crippen LogP contribution in [-0.2, 0) is 0 Å². The highest BCUT2D eigenvalue weighted by Crippen LogP contribution is 2.18. The molecular formula is C11H16N4O. The zero-order chi connectivity index (χ0) is 12.1. The number of nitrogens with one attached hydrogen (secondary N) is 4. The molecule has 0 heterocycles. The van der Waals surface area contributed by atoms with Crippen molar-refractivity contribution in [2.75, 3.05) is 12.4 Å². The van der Waals surface area contributed by atoms with Crippen molar-refractivity contribution >= 4 is 17.7 Å². The number of aryl methyl sites for hydroxylation is 2. The molecule has 5 nitrogen and oxygen atoms in total. The molecule has 1 aromatic carbocycles. The smallest absolute Gasteiger partial charge is 0.326 e. The molecule has 0 spiro atoms. The van der Waals surface area contributed by atoms with E-state index >= 15 is 0 Å². The highest BCUT2D eigenvalue weighted by atomic mass is 16.2. The highest BCUT2D eigenvalue weighted by Gasteiger charge is 2.07. The van der Waals surface area contributed by atoms with Crippen molar-refractivity contribution in [1.29, 1.82) is 5.41 Å². The van der Waals surface area contributed by atoms with E-state index in [1.54, 1.807) is 7.05 Å². The van der Waals surface area contributed by atoms with Gasteiger partial charge in [-0.2, -0.15) is 0 Å². The second kappa shape index (κ2) is 5.16. The minimum atomic E-state index is -0.420. The lowest BCUT2D eigenvalue weighted by Gasteiger charge is -2.12. The maximum atomic E-state index is 11.5. The quantitative estimate of drug-likeness (QED) is 0.428. The predicted molar refractivity (Wildman–Crippen MR) is 64.9 cm³/mol. The zero-order valence-corrected chi connectivity index (χ0v) is 9.64. The molecule has 0 atom stereocenters.